The molecule has 0 unspecified atom stereocenters. The fraction of sp³-hybridized carbons (Fsp3) is 0.650. The first-order valence-corrected chi connectivity index (χ1v) is 12.6. The molecule has 14 nitrogen and oxygen atoms in total. The van der Waals surface area contributed by atoms with Gasteiger partial charge in [-0.15, -0.1) is 5.10 Å². The van der Waals surface area contributed by atoms with Gasteiger partial charge in [-0.1, -0.05) is 16.9 Å². The van der Waals surface area contributed by atoms with Crippen LogP contribution in [0.25, 0.3) is 0 Å². The number of ether oxygens (including phenoxy) is 4. The highest BCUT2D eigenvalue weighted by Gasteiger charge is 2.26. The molecule has 0 aliphatic heterocycles. The standard InChI is InChI=1S/C20H33N4O10P/c1-7-21-18(25)17-11-24(23-22-17)10-16(6)8-9-35(28,31-12-29-19(26)33-14(2)3)32-13-30-20(27)34-15(4)5/h8,11,14-15H,7,9-10,12-13H2,1-6H3,(H,21,25)/b16-8+. The normalized spacial score (nSPS) is 11.9. The number of hydrogen-bond donors (Lipinski definition) is 1. The first kappa shape index (κ1) is 30.1. The van der Waals surface area contributed by atoms with Crippen molar-refractivity contribution in [1.82, 2.24) is 20.3 Å². The van der Waals surface area contributed by atoms with Crippen molar-refractivity contribution in [2.75, 3.05) is 26.3 Å². The summed E-state index contributed by atoms with van der Waals surface area (Å²) in [5.41, 5.74) is 0.845. The van der Waals surface area contributed by atoms with Crippen molar-refractivity contribution in [3.8, 4) is 0 Å². The topological polar surface area (TPSA) is 166 Å². The van der Waals surface area contributed by atoms with E-state index in [-0.39, 0.29) is 24.3 Å². The Morgan fingerprint density at radius 2 is 1.60 bits per heavy atom. The van der Waals surface area contributed by atoms with Gasteiger partial charge in [-0.05, 0) is 41.5 Å². The third-order valence-electron chi connectivity index (χ3n) is 3.70. The van der Waals surface area contributed by atoms with Gasteiger partial charge in [0.15, 0.2) is 5.69 Å². The maximum absolute atomic E-state index is 13.1. The molecule has 0 aliphatic carbocycles. The summed E-state index contributed by atoms with van der Waals surface area (Å²) in [5.74, 6) is -0.348. The lowest BCUT2D eigenvalue weighted by molar-refractivity contribution is -0.0298. The van der Waals surface area contributed by atoms with Gasteiger partial charge in [0.25, 0.3) is 5.91 Å². The van der Waals surface area contributed by atoms with Crippen molar-refractivity contribution in [1.29, 1.82) is 0 Å². The van der Waals surface area contributed by atoms with E-state index in [4.69, 9.17) is 28.0 Å². The molecule has 0 aromatic carbocycles. The van der Waals surface area contributed by atoms with E-state index < -0.39 is 45.7 Å². The van der Waals surface area contributed by atoms with E-state index in [9.17, 15) is 18.9 Å². The van der Waals surface area contributed by atoms with Crippen LogP contribution < -0.4 is 5.32 Å². The summed E-state index contributed by atoms with van der Waals surface area (Å²) in [6, 6.07) is 0. The molecule has 1 rings (SSSR count). The van der Waals surface area contributed by atoms with Gasteiger partial charge in [0.2, 0.25) is 13.6 Å². The molecule has 0 aliphatic rings. The minimum atomic E-state index is -3.93. The molecule has 1 heterocycles. The second-order valence-electron chi connectivity index (χ2n) is 7.62. The van der Waals surface area contributed by atoms with Crippen LogP contribution >= 0.6 is 7.60 Å². The molecule has 198 valence electrons. The molecule has 0 atom stereocenters. The number of rotatable bonds is 14. The van der Waals surface area contributed by atoms with Crippen LogP contribution in [0, 0.1) is 0 Å². The lowest BCUT2D eigenvalue weighted by Gasteiger charge is -2.18. The summed E-state index contributed by atoms with van der Waals surface area (Å²) < 4.78 is 43.9. The van der Waals surface area contributed by atoms with E-state index in [1.165, 1.54) is 10.9 Å². The number of allylic oxidation sites excluding steroid dienone is 2. The van der Waals surface area contributed by atoms with Crippen LogP contribution in [0.15, 0.2) is 17.8 Å². The predicted molar refractivity (Wildman–Crippen MR) is 122 cm³/mol. The highest BCUT2D eigenvalue weighted by Crippen LogP contribution is 2.48. The number of nitrogens with one attached hydrogen (secondary N) is 1. The van der Waals surface area contributed by atoms with Crippen molar-refractivity contribution >= 4 is 25.8 Å². The fourth-order valence-corrected chi connectivity index (χ4v) is 3.47. The highest BCUT2D eigenvalue weighted by molar-refractivity contribution is 7.54. The number of nitrogens with zero attached hydrogens (tertiary/aromatic N) is 3. The summed E-state index contributed by atoms with van der Waals surface area (Å²) in [4.78, 5) is 34.8. The molecule has 0 saturated heterocycles. The number of aromatic nitrogens is 3. The average molecular weight is 520 g/mol. The number of amides is 1. The Labute approximate surface area is 203 Å². The van der Waals surface area contributed by atoms with Gasteiger partial charge in [0, 0.05) is 6.54 Å². The Kier molecular flexibility index (Phi) is 13.0. The lowest BCUT2D eigenvalue weighted by atomic mass is 10.3. The molecule has 15 heteroatoms. The second-order valence-corrected chi connectivity index (χ2v) is 9.72. The highest BCUT2D eigenvalue weighted by atomic mass is 31.2. The smallest absolute Gasteiger partial charge is 0.432 e. The molecule has 35 heavy (non-hydrogen) atoms. The summed E-state index contributed by atoms with van der Waals surface area (Å²) in [6.45, 7) is 9.29. The van der Waals surface area contributed by atoms with Gasteiger partial charge in [0.1, 0.15) is 0 Å². The lowest BCUT2D eigenvalue weighted by Crippen LogP contribution is -2.22. The zero-order valence-corrected chi connectivity index (χ0v) is 21.6. The van der Waals surface area contributed by atoms with E-state index >= 15 is 0 Å². The maximum atomic E-state index is 13.1. The van der Waals surface area contributed by atoms with Crippen LogP contribution in [-0.2, 0) is 39.1 Å². The Morgan fingerprint density at radius 1 is 1.06 bits per heavy atom. The summed E-state index contributed by atoms with van der Waals surface area (Å²) in [5, 5.41) is 10.3. The SMILES string of the molecule is CCNC(=O)c1cn(C/C(C)=C/CP(=O)(OCOC(=O)OC(C)C)OCOC(=O)OC(C)C)nn1. The second kappa shape index (κ2) is 15.1. The van der Waals surface area contributed by atoms with Gasteiger partial charge in [0.05, 0.1) is 31.1 Å². The molecular formula is C20H33N4O10P. The van der Waals surface area contributed by atoms with Gasteiger partial charge in [-0.2, -0.15) is 0 Å². The van der Waals surface area contributed by atoms with Crippen molar-refractivity contribution in [3.05, 3.63) is 23.5 Å². The van der Waals surface area contributed by atoms with Crippen LogP contribution in [0.3, 0.4) is 0 Å². The zero-order valence-electron chi connectivity index (χ0n) is 20.7. The third-order valence-corrected chi connectivity index (χ3v) is 5.33. The van der Waals surface area contributed by atoms with Crippen LogP contribution in [-0.4, -0.2) is 71.7 Å². The summed E-state index contributed by atoms with van der Waals surface area (Å²) >= 11 is 0. The van der Waals surface area contributed by atoms with E-state index in [1.54, 1.807) is 47.6 Å². The molecule has 0 fully saturated rings. The van der Waals surface area contributed by atoms with Gasteiger partial charge in [-0.25, -0.2) is 14.3 Å². The Balaban J connectivity index is 2.76. The van der Waals surface area contributed by atoms with Crippen LogP contribution in [0.2, 0.25) is 0 Å². The average Bonchev–Trinajstić information content (AvgIpc) is 3.20. The molecule has 0 radical (unpaired) electrons. The molecule has 1 aromatic heterocycles. The monoisotopic (exact) mass is 520 g/mol. The Morgan fingerprint density at radius 3 is 2.09 bits per heavy atom. The van der Waals surface area contributed by atoms with Crippen molar-refractivity contribution in [2.45, 2.75) is 60.3 Å². The zero-order chi connectivity index (χ0) is 26.4. The Hall–Kier alpha value is -2.96. The van der Waals surface area contributed by atoms with Gasteiger partial charge in [-0.3, -0.25) is 18.4 Å². The largest absolute Gasteiger partial charge is 0.510 e. The van der Waals surface area contributed by atoms with Gasteiger partial charge < -0.3 is 24.3 Å². The minimum Gasteiger partial charge on any atom is -0.432 e. The first-order valence-electron chi connectivity index (χ1n) is 10.8. The van der Waals surface area contributed by atoms with Crippen LogP contribution in [0.5, 0.6) is 0 Å². The van der Waals surface area contributed by atoms with E-state index in [0.717, 1.165) is 0 Å². The fourth-order valence-electron chi connectivity index (χ4n) is 2.22. The van der Waals surface area contributed by atoms with Crippen LogP contribution in [0.4, 0.5) is 9.59 Å². The third kappa shape index (κ3) is 12.9. The quantitative estimate of drug-likeness (QED) is 0.165. The number of carbonyl (C=O) groups is 3. The van der Waals surface area contributed by atoms with E-state index in [1.807, 2.05) is 0 Å². The predicted octanol–water partition coefficient (Wildman–Crippen LogP) is 3.24. The van der Waals surface area contributed by atoms with E-state index in [2.05, 4.69) is 15.6 Å². The minimum absolute atomic E-state index is 0.160. The molecule has 0 spiro atoms. The summed E-state index contributed by atoms with van der Waals surface area (Å²) in [7, 11) is -3.93. The first-order chi connectivity index (χ1) is 16.4. The summed E-state index contributed by atoms with van der Waals surface area (Å²) in [6.07, 6.45) is -0.0799. The van der Waals surface area contributed by atoms with Crippen LogP contribution in [0.1, 0.15) is 52.0 Å². The number of hydrogen-bond acceptors (Lipinski definition) is 12. The molecule has 1 aromatic rings. The Bertz CT molecular complexity index is 883. The number of carbonyl (C=O) groups excluding carboxylic acids is 3. The molecule has 1 amide bonds. The maximum Gasteiger partial charge on any atom is 0.510 e. The molecule has 0 bridgehead atoms. The molecule has 1 N–H and O–H groups in total. The molecule has 0 saturated carbocycles. The van der Waals surface area contributed by atoms with Crippen molar-refractivity contribution in [2.24, 2.45) is 0 Å². The van der Waals surface area contributed by atoms with Crippen molar-refractivity contribution in [3.63, 3.8) is 0 Å². The van der Waals surface area contributed by atoms with E-state index in [0.29, 0.717) is 12.1 Å². The van der Waals surface area contributed by atoms with Gasteiger partial charge >= 0.3 is 19.9 Å². The van der Waals surface area contributed by atoms with Crippen molar-refractivity contribution < 1.29 is 46.9 Å². The molecular weight excluding hydrogens is 487 g/mol.